The predicted molar refractivity (Wildman–Crippen MR) is 119 cm³/mol. The number of rotatable bonds is 6. The van der Waals surface area contributed by atoms with Crippen molar-refractivity contribution in [2.24, 2.45) is 0 Å². The average molecular weight is 474 g/mol. The third kappa shape index (κ3) is 5.50. The van der Waals surface area contributed by atoms with Crippen LogP contribution in [-0.2, 0) is 0 Å². The standard InChI is InChI=1S/C25H14O10/c26-21(27)15-5-13(6-16(10-15)22(28)29)2-1-12-3-4-19(20(7-12)25(34)35)14-8-17(23(30)31)11-18(9-14)24(32)33/h3-11H,(H,26,27)(H,28,29)(H,30,31)(H,32,33)(H,34,35). The van der Waals surface area contributed by atoms with Crippen LogP contribution in [0.4, 0.5) is 0 Å². The Morgan fingerprint density at radius 2 is 0.914 bits per heavy atom. The minimum Gasteiger partial charge on any atom is -0.478 e. The highest BCUT2D eigenvalue weighted by atomic mass is 16.4. The van der Waals surface area contributed by atoms with Crippen molar-refractivity contribution in [3.63, 3.8) is 0 Å². The van der Waals surface area contributed by atoms with Crippen molar-refractivity contribution in [3.8, 4) is 23.0 Å². The second-order valence-electron chi connectivity index (χ2n) is 7.13. The molecule has 0 radical (unpaired) electrons. The fourth-order valence-electron chi connectivity index (χ4n) is 3.17. The Morgan fingerprint density at radius 3 is 1.34 bits per heavy atom. The van der Waals surface area contributed by atoms with E-state index in [1.165, 1.54) is 30.3 Å². The van der Waals surface area contributed by atoms with Gasteiger partial charge in [-0.25, -0.2) is 24.0 Å². The van der Waals surface area contributed by atoms with E-state index in [4.69, 9.17) is 10.2 Å². The molecular weight excluding hydrogens is 460 g/mol. The molecule has 174 valence electrons. The summed E-state index contributed by atoms with van der Waals surface area (Å²) in [6, 6.07) is 10.5. The Morgan fingerprint density at radius 1 is 0.486 bits per heavy atom. The quantitative estimate of drug-likeness (QED) is 0.332. The molecule has 35 heavy (non-hydrogen) atoms. The highest BCUT2D eigenvalue weighted by Gasteiger charge is 2.17. The number of carbonyl (C=O) groups is 5. The fourth-order valence-corrected chi connectivity index (χ4v) is 3.17. The molecule has 10 nitrogen and oxygen atoms in total. The minimum absolute atomic E-state index is 0.0506. The van der Waals surface area contributed by atoms with Crippen molar-refractivity contribution < 1.29 is 49.5 Å². The first-order chi connectivity index (χ1) is 16.5. The molecule has 5 N–H and O–H groups in total. The van der Waals surface area contributed by atoms with Gasteiger partial charge < -0.3 is 25.5 Å². The molecule has 0 aliphatic carbocycles. The van der Waals surface area contributed by atoms with Gasteiger partial charge >= 0.3 is 29.8 Å². The number of aromatic carboxylic acids is 5. The molecule has 0 atom stereocenters. The van der Waals surface area contributed by atoms with Gasteiger partial charge in [-0.2, -0.15) is 0 Å². The number of carboxylic acid groups (broad SMARTS) is 5. The smallest absolute Gasteiger partial charge is 0.336 e. The zero-order valence-electron chi connectivity index (χ0n) is 17.5. The van der Waals surface area contributed by atoms with Crippen molar-refractivity contribution >= 4 is 29.8 Å². The van der Waals surface area contributed by atoms with Crippen LogP contribution in [0.5, 0.6) is 0 Å². The van der Waals surface area contributed by atoms with Crippen LogP contribution in [0.1, 0.15) is 62.9 Å². The average Bonchev–Trinajstić information content (AvgIpc) is 2.81. The summed E-state index contributed by atoms with van der Waals surface area (Å²) in [6.45, 7) is 0. The van der Waals surface area contributed by atoms with E-state index in [9.17, 15) is 39.3 Å². The third-order valence-corrected chi connectivity index (χ3v) is 4.77. The van der Waals surface area contributed by atoms with E-state index >= 15 is 0 Å². The Balaban J connectivity index is 2.11. The van der Waals surface area contributed by atoms with Crippen LogP contribution in [-0.4, -0.2) is 55.4 Å². The highest BCUT2D eigenvalue weighted by molar-refractivity contribution is 6.00. The van der Waals surface area contributed by atoms with Gasteiger partial charge in [-0.15, -0.1) is 0 Å². The SMILES string of the molecule is O=C(O)c1cc(C#Cc2ccc(-c3cc(C(=O)O)cc(C(=O)O)c3)c(C(=O)O)c2)cc(C(=O)O)c1. The lowest BCUT2D eigenvalue weighted by Gasteiger charge is -2.09. The molecular formula is C25H14O10. The number of benzene rings is 3. The van der Waals surface area contributed by atoms with Gasteiger partial charge in [0.2, 0.25) is 0 Å². The molecule has 0 aliphatic heterocycles. The molecule has 3 aromatic carbocycles. The topological polar surface area (TPSA) is 186 Å². The van der Waals surface area contributed by atoms with Gasteiger partial charge in [0.25, 0.3) is 0 Å². The van der Waals surface area contributed by atoms with Crippen LogP contribution in [0.3, 0.4) is 0 Å². The molecule has 0 aliphatic rings. The molecule has 0 aromatic heterocycles. The van der Waals surface area contributed by atoms with Gasteiger partial charge in [0.1, 0.15) is 0 Å². The van der Waals surface area contributed by atoms with Crippen LogP contribution < -0.4 is 0 Å². The molecule has 0 saturated carbocycles. The van der Waals surface area contributed by atoms with Gasteiger partial charge in [0.15, 0.2) is 0 Å². The molecule has 3 aromatic rings. The summed E-state index contributed by atoms with van der Waals surface area (Å²) in [5, 5.41) is 46.5. The van der Waals surface area contributed by atoms with Crippen molar-refractivity contribution in [3.05, 3.63) is 93.5 Å². The van der Waals surface area contributed by atoms with Crippen LogP contribution in [0.15, 0.2) is 54.6 Å². The molecule has 0 saturated heterocycles. The second kappa shape index (κ2) is 9.60. The van der Waals surface area contributed by atoms with Gasteiger partial charge in [-0.1, -0.05) is 17.9 Å². The number of hydrogen-bond acceptors (Lipinski definition) is 5. The normalized spacial score (nSPS) is 10.1. The molecule has 0 amide bonds. The second-order valence-corrected chi connectivity index (χ2v) is 7.13. The molecule has 0 heterocycles. The summed E-state index contributed by atoms with van der Waals surface area (Å²) in [4.78, 5) is 57.1. The van der Waals surface area contributed by atoms with Crippen LogP contribution in [0, 0.1) is 11.8 Å². The van der Waals surface area contributed by atoms with E-state index in [0.717, 1.165) is 24.3 Å². The van der Waals surface area contributed by atoms with Crippen molar-refractivity contribution in [2.45, 2.75) is 0 Å². The largest absolute Gasteiger partial charge is 0.478 e. The maximum absolute atomic E-state index is 11.9. The minimum atomic E-state index is -1.39. The maximum atomic E-state index is 11.9. The lowest BCUT2D eigenvalue weighted by molar-refractivity contribution is 0.0676. The Bertz CT molecular complexity index is 1420. The van der Waals surface area contributed by atoms with Crippen LogP contribution in [0.2, 0.25) is 0 Å². The highest BCUT2D eigenvalue weighted by Crippen LogP contribution is 2.27. The molecule has 0 fully saturated rings. The van der Waals surface area contributed by atoms with E-state index < -0.39 is 29.8 Å². The van der Waals surface area contributed by atoms with Crippen molar-refractivity contribution in [1.82, 2.24) is 0 Å². The van der Waals surface area contributed by atoms with Crippen molar-refractivity contribution in [1.29, 1.82) is 0 Å². The summed E-state index contributed by atoms with van der Waals surface area (Å²) in [5.74, 6) is -1.63. The summed E-state index contributed by atoms with van der Waals surface area (Å²) in [6.07, 6.45) is 0. The Hall–Kier alpha value is -5.43. The van der Waals surface area contributed by atoms with Crippen LogP contribution in [0.25, 0.3) is 11.1 Å². The van der Waals surface area contributed by atoms with Gasteiger partial charge in [-0.3, -0.25) is 0 Å². The van der Waals surface area contributed by atoms with Gasteiger partial charge in [-0.05, 0) is 59.7 Å². The molecule has 10 heteroatoms. The first-order valence-electron chi connectivity index (χ1n) is 9.59. The number of carboxylic acids is 5. The summed E-state index contributed by atoms with van der Waals surface area (Å²) in [7, 11) is 0. The third-order valence-electron chi connectivity index (χ3n) is 4.77. The summed E-state index contributed by atoms with van der Waals surface area (Å²) in [5.41, 5.74) is -1.19. The molecule has 3 rings (SSSR count). The zero-order chi connectivity index (χ0) is 25.9. The molecule has 0 spiro atoms. The monoisotopic (exact) mass is 474 g/mol. The maximum Gasteiger partial charge on any atom is 0.336 e. The molecule has 0 bridgehead atoms. The first-order valence-corrected chi connectivity index (χ1v) is 9.59. The summed E-state index contributed by atoms with van der Waals surface area (Å²) >= 11 is 0. The van der Waals surface area contributed by atoms with Crippen LogP contribution >= 0.6 is 0 Å². The van der Waals surface area contributed by atoms with E-state index in [-0.39, 0.29) is 50.1 Å². The first kappa shape index (κ1) is 24.2. The lowest BCUT2D eigenvalue weighted by atomic mass is 9.94. The summed E-state index contributed by atoms with van der Waals surface area (Å²) < 4.78 is 0. The fraction of sp³-hybridized carbons (Fsp3) is 0. The number of hydrogen-bond donors (Lipinski definition) is 5. The molecule has 0 unspecified atom stereocenters. The lowest BCUT2D eigenvalue weighted by Crippen LogP contribution is -2.05. The Kier molecular flexibility index (Phi) is 6.64. The van der Waals surface area contributed by atoms with Gasteiger partial charge in [0, 0.05) is 11.1 Å². The Labute approximate surface area is 196 Å². The van der Waals surface area contributed by atoms with Gasteiger partial charge in [0.05, 0.1) is 27.8 Å². The van der Waals surface area contributed by atoms with Crippen molar-refractivity contribution in [2.75, 3.05) is 0 Å². The zero-order valence-corrected chi connectivity index (χ0v) is 17.5. The van der Waals surface area contributed by atoms with E-state index in [2.05, 4.69) is 11.8 Å². The van der Waals surface area contributed by atoms with E-state index in [1.54, 1.807) is 0 Å². The van der Waals surface area contributed by atoms with E-state index in [0.29, 0.717) is 0 Å². The predicted octanol–water partition coefficient (Wildman–Crippen LogP) is 3.24. The van der Waals surface area contributed by atoms with E-state index in [1.807, 2.05) is 0 Å².